The van der Waals surface area contributed by atoms with Crippen molar-refractivity contribution in [2.75, 3.05) is 13.2 Å². The summed E-state index contributed by atoms with van der Waals surface area (Å²) >= 11 is 4.20. The third-order valence-electron chi connectivity index (χ3n) is 2.30. The standard InChI is InChI=1S/C11H14O2S/c14-8-9-1-3-10(4-2-9)13-11-5-6-12-7-11/h1-4,11,14H,5-8H2. The van der Waals surface area contributed by atoms with Crippen LogP contribution in [0, 0.1) is 0 Å². The van der Waals surface area contributed by atoms with Crippen LogP contribution in [-0.4, -0.2) is 19.3 Å². The van der Waals surface area contributed by atoms with Crippen molar-refractivity contribution < 1.29 is 9.47 Å². The highest BCUT2D eigenvalue weighted by Gasteiger charge is 2.16. The van der Waals surface area contributed by atoms with Gasteiger partial charge in [0, 0.05) is 12.2 Å². The van der Waals surface area contributed by atoms with E-state index in [0.717, 1.165) is 24.5 Å². The molecule has 76 valence electrons. The van der Waals surface area contributed by atoms with Gasteiger partial charge in [-0.1, -0.05) is 12.1 Å². The molecule has 0 spiro atoms. The molecule has 0 aliphatic carbocycles. The van der Waals surface area contributed by atoms with E-state index in [2.05, 4.69) is 12.6 Å². The lowest BCUT2D eigenvalue weighted by Crippen LogP contribution is -2.15. The minimum absolute atomic E-state index is 0.233. The molecule has 1 fully saturated rings. The average Bonchev–Trinajstić information content (AvgIpc) is 2.72. The Morgan fingerprint density at radius 2 is 2.14 bits per heavy atom. The van der Waals surface area contributed by atoms with E-state index in [9.17, 15) is 0 Å². The second kappa shape index (κ2) is 4.71. The molecule has 1 aliphatic rings. The Kier molecular flexibility index (Phi) is 3.32. The molecule has 1 saturated heterocycles. The maximum atomic E-state index is 5.72. The topological polar surface area (TPSA) is 18.5 Å². The molecule has 3 heteroatoms. The number of rotatable bonds is 3. The summed E-state index contributed by atoms with van der Waals surface area (Å²) in [5, 5.41) is 0. The van der Waals surface area contributed by atoms with Crippen LogP contribution < -0.4 is 4.74 Å². The van der Waals surface area contributed by atoms with Gasteiger partial charge in [-0.3, -0.25) is 0 Å². The molecule has 1 unspecified atom stereocenters. The van der Waals surface area contributed by atoms with Crippen molar-refractivity contribution in [1.82, 2.24) is 0 Å². The molecule has 0 bridgehead atoms. The largest absolute Gasteiger partial charge is 0.488 e. The molecule has 2 rings (SSSR count). The first-order valence-electron chi connectivity index (χ1n) is 4.82. The number of benzene rings is 1. The van der Waals surface area contributed by atoms with Crippen LogP contribution in [0.25, 0.3) is 0 Å². The van der Waals surface area contributed by atoms with Gasteiger partial charge in [0.25, 0.3) is 0 Å². The zero-order chi connectivity index (χ0) is 9.80. The predicted octanol–water partition coefficient (Wildman–Crippen LogP) is 2.28. The van der Waals surface area contributed by atoms with Gasteiger partial charge in [0.2, 0.25) is 0 Å². The first-order valence-corrected chi connectivity index (χ1v) is 5.46. The normalized spacial score (nSPS) is 21.1. The Bertz CT molecular complexity index is 278. The quantitative estimate of drug-likeness (QED) is 0.772. The van der Waals surface area contributed by atoms with Gasteiger partial charge in [0.05, 0.1) is 13.2 Å². The molecule has 0 aromatic heterocycles. The van der Waals surface area contributed by atoms with Gasteiger partial charge in [0.15, 0.2) is 0 Å². The summed E-state index contributed by atoms with van der Waals surface area (Å²) in [6.07, 6.45) is 1.23. The first-order chi connectivity index (χ1) is 6.88. The first kappa shape index (κ1) is 9.87. The molecule has 1 atom stereocenters. The van der Waals surface area contributed by atoms with Gasteiger partial charge in [0.1, 0.15) is 11.9 Å². The summed E-state index contributed by atoms with van der Waals surface area (Å²) in [6.45, 7) is 1.54. The van der Waals surface area contributed by atoms with Crippen molar-refractivity contribution in [2.45, 2.75) is 18.3 Å². The third-order valence-corrected chi connectivity index (χ3v) is 2.66. The fourth-order valence-electron chi connectivity index (χ4n) is 1.47. The van der Waals surface area contributed by atoms with E-state index in [0.29, 0.717) is 6.61 Å². The summed E-state index contributed by atoms with van der Waals surface area (Å²) in [4.78, 5) is 0. The molecule has 1 aliphatic heterocycles. The van der Waals surface area contributed by atoms with E-state index in [4.69, 9.17) is 9.47 Å². The van der Waals surface area contributed by atoms with Crippen molar-refractivity contribution in [2.24, 2.45) is 0 Å². The number of thiol groups is 1. The Hall–Kier alpha value is -0.670. The lowest BCUT2D eigenvalue weighted by molar-refractivity contribution is 0.141. The molecule has 14 heavy (non-hydrogen) atoms. The van der Waals surface area contributed by atoms with Crippen LogP contribution in [0.4, 0.5) is 0 Å². The van der Waals surface area contributed by atoms with Crippen LogP contribution in [0.3, 0.4) is 0 Å². The van der Waals surface area contributed by atoms with Crippen molar-refractivity contribution >= 4 is 12.6 Å². The average molecular weight is 210 g/mol. The smallest absolute Gasteiger partial charge is 0.124 e. The molecule has 0 amide bonds. The molecule has 0 N–H and O–H groups in total. The van der Waals surface area contributed by atoms with E-state index in [1.54, 1.807) is 0 Å². The molecule has 1 aromatic carbocycles. The predicted molar refractivity (Wildman–Crippen MR) is 59.0 cm³/mol. The highest BCUT2D eigenvalue weighted by Crippen LogP contribution is 2.18. The minimum atomic E-state index is 0.233. The maximum absolute atomic E-state index is 5.72. The van der Waals surface area contributed by atoms with E-state index in [1.165, 1.54) is 5.56 Å². The van der Waals surface area contributed by atoms with Crippen LogP contribution in [0.5, 0.6) is 5.75 Å². The van der Waals surface area contributed by atoms with Crippen molar-refractivity contribution in [1.29, 1.82) is 0 Å². The Labute approximate surface area is 89.6 Å². The molecular weight excluding hydrogens is 196 g/mol. The van der Waals surface area contributed by atoms with Crippen molar-refractivity contribution in [3.8, 4) is 5.75 Å². The van der Waals surface area contributed by atoms with Gasteiger partial charge >= 0.3 is 0 Å². The van der Waals surface area contributed by atoms with Gasteiger partial charge in [-0.05, 0) is 17.7 Å². The molecule has 0 saturated carbocycles. The van der Waals surface area contributed by atoms with Crippen LogP contribution in [0.2, 0.25) is 0 Å². The second-order valence-electron chi connectivity index (χ2n) is 3.41. The zero-order valence-corrected chi connectivity index (χ0v) is 8.87. The molecule has 0 radical (unpaired) electrons. The van der Waals surface area contributed by atoms with Gasteiger partial charge < -0.3 is 9.47 Å². The SMILES string of the molecule is SCc1ccc(OC2CCOC2)cc1. The van der Waals surface area contributed by atoms with Crippen LogP contribution >= 0.6 is 12.6 Å². The lowest BCUT2D eigenvalue weighted by Gasteiger charge is -2.11. The van der Waals surface area contributed by atoms with E-state index in [1.807, 2.05) is 24.3 Å². The fourth-order valence-corrected chi connectivity index (χ4v) is 1.68. The lowest BCUT2D eigenvalue weighted by atomic mass is 10.2. The third kappa shape index (κ3) is 2.42. The van der Waals surface area contributed by atoms with Crippen molar-refractivity contribution in [3.05, 3.63) is 29.8 Å². The summed E-state index contributed by atoms with van der Waals surface area (Å²) in [6, 6.07) is 8.06. The fraction of sp³-hybridized carbons (Fsp3) is 0.455. The molecular formula is C11H14O2S. The van der Waals surface area contributed by atoms with E-state index < -0.39 is 0 Å². The number of hydrogen-bond donors (Lipinski definition) is 1. The monoisotopic (exact) mass is 210 g/mol. The maximum Gasteiger partial charge on any atom is 0.124 e. The molecule has 2 nitrogen and oxygen atoms in total. The van der Waals surface area contributed by atoms with E-state index in [-0.39, 0.29) is 6.10 Å². The van der Waals surface area contributed by atoms with Crippen LogP contribution in [0.15, 0.2) is 24.3 Å². The number of ether oxygens (including phenoxy) is 2. The zero-order valence-electron chi connectivity index (χ0n) is 7.98. The van der Waals surface area contributed by atoms with Crippen LogP contribution in [-0.2, 0) is 10.5 Å². The Morgan fingerprint density at radius 1 is 1.36 bits per heavy atom. The summed E-state index contributed by atoms with van der Waals surface area (Å²) in [5.74, 6) is 1.69. The Balaban J connectivity index is 1.95. The highest BCUT2D eigenvalue weighted by atomic mass is 32.1. The van der Waals surface area contributed by atoms with E-state index >= 15 is 0 Å². The summed E-state index contributed by atoms with van der Waals surface area (Å²) in [7, 11) is 0. The summed E-state index contributed by atoms with van der Waals surface area (Å²) < 4.78 is 11.0. The summed E-state index contributed by atoms with van der Waals surface area (Å²) in [5.41, 5.74) is 1.21. The van der Waals surface area contributed by atoms with Gasteiger partial charge in [-0.2, -0.15) is 12.6 Å². The van der Waals surface area contributed by atoms with Crippen molar-refractivity contribution in [3.63, 3.8) is 0 Å². The van der Waals surface area contributed by atoms with Crippen LogP contribution in [0.1, 0.15) is 12.0 Å². The second-order valence-corrected chi connectivity index (χ2v) is 3.72. The van der Waals surface area contributed by atoms with Gasteiger partial charge in [-0.15, -0.1) is 0 Å². The van der Waals surface area contributed by atoms with Gasteiger partial charge in [-0.25, -0.2) is 0 Å². The minimum Gasteiger partial charge on any atom is -0.488 e. The Morgan fingerprint density at radius 3 is 2.71 bits per heavy atom. The number of hydrogen-bond acceptors (Lipinski definition) is 3. The molecule has 1 heterocycles. The molecule has 1 aromatic rings. The highest BCUT2D eigenvalue weighted by molar-refractivity contribution is 7.79.